The zero-order valence-electron chi connectivity index (χ0n) is 10.8. The van der Waals surface area contributed by atoms with E-state index in [9.17, 15) is 4.79 Å². The Labute approximate surface area is 103 Å². The molecule has 0 saturated carbocycles. The maximum absolute atomic E-state index is 11.7. The van der Waals surface area contributed by atoms with Crippen LogP contribution in [0.25, 0.3) is 0 Å². The number of likely N-dealkylation sites (N-methyl/N-ethyl adjacent to an activating group) is 1. The van der Waals surface area contributed by atoms with Crippen molar-refractivity contribution >= 4 is 5.91 Å². The molecule has 1 aliphatic heterocycles. The second-order valence-corrected chi connectivity index (χ2v) is 4.40. The van der Waals surface area contributed by atoms with Gasteiger partial charge in [0.25, 0.3) is 0 Å². The van der Waals surface area contributed by atoms with Gasteiger partial charge in [-0.15, -0.1) is 0 Å². The summed E-state index contributed by atoms with van der Waals surface area (Å²) < 4.78 is 15.4. The highest BCUT2D eigenvalue weighted by atomic mass is 16.5. The highest BCUT2D eigenvalue weighted by molar-refractivity contribution is 5.77. The van der Waals surface area contributed by atoms with Gasteiger partial charge in [0.05, 0.1) is 19.8 Å². The number of rotatable bonds is 7. The number of carbonyl (C=O) groups excluding carboxylic acids is 1. The molecule has 100 valence electrons. The molecule has 1 unspecified atom stereocenters. The average molecular weight is 245 g/mol. The molecule has 5 nitrogen and oxygen atoms in total. The van der Waals surface area contributed by atoms with Gasteiger partial charge in [0.15, 0.2) is 0 Å². The first-order chi connectivity index (χ1) is 8.24. The van der Waals surface area contributed by atoms with Crippen LogP contribution in [0.2, 0.25) is 0 Å². The first kappa shape index (κ1) is 14.4. The van der Waals surface area contributed by atoms with Gasteiger partial charge in [0, 0.05) is 27.3 Å². The summed E-state index contributed by atoms with van der Waals surface area (Å²) >= 11 is 0. The minimum atomic E-state index is 0.0201. The zero-order valence-corrected chi connectivity index (χ0v) is 10.8. The van der Waals surface area contributed by atoms with Gasteiger partial charge in [-0.2, -0.15) is 0 Å². The molecule has 0 aliphatic carbocycles. The van der Waals surface area contributed by atoms with Gasteiger partial charge in [-0.3, -0.25) is 4.79 Å². The van der Waals surface area contributed by atoms with Crippen LogP contribution < -0.4 is 0 Å². The molecule has 0 N–H and O–H groups in total. The smallest absolute Gasteiger partial charge is 0.248 e. The van der Waals surface area contributed by atoms with Gasteiger partial charge in [-0.25, -0.2) is 0 Å². The molecule has 1 atom stereocenters. The summed E-state index contributed by atoms with van der Waals surface area (Å²) in [4.78, 5) is 13.4. The van der Waals surface area contributed by atoms with Crippen LogP contribution in [0.4, 0.5) is 0 Å². The molecule has 1 amide bonds. The van der Waals surface area contributed by atoms with E-state index in [1.807, 2.05) is 7.05 Å². The van der Waals surface area contributed by atoms with Crippen molar-refractivity contribution in [3.63, 3.8) is 0 Å². The summed E-state index contributed by atoms with van der Waals surface area (Å²) in [5.74, 6) is 0.489. The lowest BCUT2D eigenvalue weighted by atomic mass is 10.0. The van der Waals surface area contributed by atoms with Crippen LogP contribution in [0.3, 0.4) is 0 Å². The van der Waals surface area contributed by atoms with Crippen molar-refractivity contribution in [1.29, 1.82) is 0 Å². The molecule has 0 aromatic carbocycles. The summed E-state index contributed by atoms with van der Waals surface area (Å²) in [6.07, 6.45) is 2.24. The molecule has 0 aromatic rings. The lowest BCUT2D eigenvalue weighted by Gasteiger charge is -2.27. The fourth-order valence-electron chi connectivity index (χ4n) is 1.85. The van der Waals surface area contributed by atoms with Crippen molar-refractivity contribution in [2.24, 2.45) is 5.92 Å². The first-order valence-electron chi connectivity index (χ1n) is 6.12. The molecule has 1 heterocycles. The average Bonchev–Trinajstić information content (AvgIpc) is 2.35. The third kappa shape index (κ3) is 6.00. The SMILES string of the molecule is COCCOCC(=O)N(C)CC1CCCOC1. The zero-order chi connectivity index (χ0) is 12.5. The lowest BCUT2D eigenvalue weighted by molar-refractivity contribution is -0.136. The number of methoxy groups -OCH3 is 1. The Morgan fingerprint density at radius 2 is 2.29 bits per heavy atom. The monoisotopic (exact) mass is 245 g/mol. The Hall–Kier alpha value is -0.650. The third-order valence-electron chi connectivity index (χ3n) is 2.87. The number of hydrogen-bond donors (Lipinski definition) is 0. The second kappa shape index (κ2) is 8.44. The predicted octanol–water partition coefficient (Wildman–Crippen LogP) is 0.534. The van der Waals surface area contributed by atoms with Gasteiger partial charge >= 0.3 is 0 Å². The number of nitrogens with zero attached hydrogens (tertiary/aromatic N) is 1. The largest absolute Gasteiger partial charge is 0.382 e. The van der Waals surface area contributed by atoms with Crippen LogP contribution >= 0.6 is 0 Å². The van der Waals surface area contributed by atoms with Crippen LogP contribution in [-0.2, 0) is 19.0 Å². The van der Waals surface area contributed by atoms with E-state index in [0.717, 1.165) is 32.6 Å². The Balaban J connectivity index is 2.12. The first-order valence-corrected chi connectivity index (χ1v) is 6.12. The van der Waals surface area contributed by atoms with Crippen LogP contribution in [0.15, 0.2) is 0 Å². The van der Waals surface area contributed by atoms with Crippen molar-refractivity contribution in [2.45, 2.75) is 12.8 Å². The maximum Gasteiger partial charge on any atom is 0.248 e. The standard InChI is InChI=1S/C12H23NO4/c1-13(8-11-4-3-5-16-9-11)12(14)10-17-7-6-15-2/h11H,3-10H2,1-2H3. The predicted molar refractivity (Wildman–Crippen MR) is 63.9 cm³/mol. The van der Waals surface area contributed by atoms with E-state index in [1.165, 1.54) is 0 Å². The lowest BCUT2D eigenvalue weighted by Crippen LogP contribution is -2.37. The molecule has 1 fully saturated rings. The van der Waals surface area contributed by atoms with Crippen LogP contribution in [0.1, 0.15) is 12.8 Å². The summed E-state index contributed by atoms with van der Waals surface area (Å²) in [7, 11) is 3.43. The Morgan fingerprint density at radius 1 is 1.47 bits per heavy atom. The van der Waals surface area contributed by atoms with E-state index in [4.69, 9.17) is 14.2 Å². The molecular formula is C12H23NO4. The quantitative estimate of drug-likeness (QED) is 0.614. The minimum Gasteiger partial charge on any atom is -0.382 e. The van der Waals surface area contributed by atoms with Gasteiger partial charge < -0.3 is 19.1 Å². The van der Waals surface area contributed by atoms with E-state index in [1.54, 1.807) is 12.0 Å². The van der Waals surface area contributed by atoms with E-state index in [2.05, 4.69) is 0 Å². The molecule has 0 aromatic heterocycles. The van der Waals surface area contributed by atoms with Gasteiger partial charge in [-0.05, 0) is 18.8 Å². The number of carbonyl (C=O) groups is 1. The molecule has 0 radical (unpaired) electrons. The Morgan fingerprint density at radius 3 is 2.94 bits per heavy atom. The molecule has 1 rings (SSSR count). The van der Waals surface area contributed by atoms with E-state index >= 15 is 0 Å². The highest BCUT2D eigenvalue weighted by Gasteiger charge is 2.18. The summed E-state index contributed by atoms with van der Waals surface area (Å²) in [6.45, 7) is 3.49. The normalized spacial score (nSPS) is 20.2. The van der Waals surface area contributed by atoms with Gasteiger partial charge in [0.1, 0.15) is 6.61 Å². The molecule has 1 saturated heterocycles. The van der Waals surface area contributed by atoms with E-state index in [-0.39, 0.29) is 12.5 Å². The number of amides is 1. The van der Waals surface area contributed by atoms with E-state index in [0.29, 0.717) is 19.1 Å². The summed E-state index contributed by atoms with van der Waals surface area (Å²) in [6, 6.07) is 0. The minimum absolute atomic E-state index is 0.0201. The van der Waals surface area contributed by atoms with Crippen LogP contribution in [0, 0.1) is 5.92 Å². The fourth-order valence-corrected chi connectivity index (χ4v) is 1.85. The van der Waals surface area contributed by atoms with Crippen molar-refractivity contribution in [3.8, 4) is 0 Å². The summed E-state index contributed by atoms with van der Waals surface area (Å²) in [5, 5.41) is 0. The molecule has 0 bridgehead atoms. The van der Waals surface area contributed by atoms with Gasteiger partial charge in [0.2, 0.25) is 5.91 Å². The molecular weight excluding hydrogens is 222 g/mol. The molecule has 1 aliphatic rings. The fraction of sp³-hybridized carbons (Fsp3) is 0.917. The van der Waals surface area contributed by atoms with Crippen molar-refractivity contribution in [3.05, 3.63) is 0 Å². The number of ether oxygens (including phenoxy) is 3. The highest BCUT2D eigenvalue weighted by Crippen LogP contribution is 2.14. The topological polar surface area (TPSA) is 48.0 Å². The third-order valence-corrected chi connectivity index (χ3v) is 2.87. The second-order valence-electron chi connectivity index (χ2n) is 4.40. The maximum atomic E-state index is 11.7. The molecule has 0 spiro atoms. The molecule has 5 heteroatoms. The van der Waals surface area contributed by atoms with Gasteiger partial charge in [-0.1, -0.05) is 0 Å². The summed E-state index contributed by atoms with van der Waals surface area (Å²) in [5.41, 5.74) is 0. The Kier molecular flexibility index (Phi) is 7.16. The number of hydrogen-bond acceptors (Lipinski definition) is 4. The Bertz CT molecular complexity index is 217. The van der Waals surface area contributed by atoms with Crippen molar-refractivity contribution in [2.75, 3.05) is 53.7 Å². The van der Waals surface area contributed by atoms with Crippen molar-refractivity contribution < 1.29 is 19.0 Å². The van der Waals surface area contributed by atoms with Crippen molar-refractivity contribution in [1.82, 2.24) is 4.90 Å². The van der Waals surface area contributed by atoms with Crippen LogP contribution in [-0.4, -0.2) is 64.5 Å². The van der Waals surface area contributed by atoms with E-state index < -0.39 is 0 Å². The molecule has 17 heavy (non-hydrogen) atoms. The van der Waals surface area contributed by atoms with Crippen LogP contribution in [0.5, 0.6) is 0 Å².